The molecule has 0 aromatic heterocycles. The van der Waals surface area contributed by atoms with Crippen LogP contribution in [0.5, 0.6) is 5.75 Å². The predicted molar refractivity (Wildman–Crippen MR) is 153 cm³/mol. The summed E-state index contributed by atoms with van der Waals surface area (Å²) in [6.07, 6.45) is -2.14. The summed E-state index contributed by atoms with van der Waals surface area (Å²) in [7, 11) is 0. The van der Waals surface area contributed by atoms with Crippen molar-refractivity contribution in [1.29, 1.82) is 0 Å². The predicted octanol–water partition coefficient (Wildman–Crippen LogP) is 4.35. The van der Waals surface area contributed by atoms with E-state index in [0.717, 1.165) is 43.6 Å². The molecule has 230 valence electrons. The molecule has 10 nitrogen and oxygen atoms in total. The number of alkyl halides is 3. The van der Waals surface area contributed by atoms with E-state index >= 15 is 0 Å². The smallest absolute Gasteiger partial charge is 0.482 e. The number of ether oxygens (including phenoxy) is 1. The summed E-state index contributed by atoms with van der Waals surface area (Å²) in [4.78, 5) is 48.5. The van der Waals surface area contributed by atoms with Crippen molar-refractivity contribution in [2.24, 2.45) is 0 Å². The minimum atomic E-state index is -5.08. The van der Waals surface area contributed by atoms with Crippen LogP contribution in [0.25, 0.3) is 0 Å². The highest BCUT2D eigenvalue weighted by Crippen LogP contribution is 2.33. The zero-order chi connectivity index (χ0) is 31.4. The van der Waals surface area contributed by atoms with Gasteiger partial charge in [0.15, 0.2) is 6.61 Å². The zero-order valence-corrected chi connectivity index (χ0v) is 23.4. The Hall–Kier alpha value is -4.91. The van der Waals surface area contributed by atoms with Gasteiger partial charge in [0.25, 0.3) is 17.7 Å². The molecule has 4 N–H and O–H groups in total. The number of nitrogens with one attached hydrogen (secondary N) is 3. The van der Waals surface area contributed by atoms with Gasteiger partial charge in [0.2, 0.25) is 0 Å². The number of carboxylic acid groups (broad SMARTS) is 1. The monoisotopic (exact) mass is 610 g/mol. The molecule has 3 aromatic carbocycles. The number of aliphatic carboxylic acids is 1. The first-order valence-corrected chi connectivity index (χ1v) is 13.9. The van der Waals surface area contributed by atoms with E-state index in [1.807, 2.05) is 29.2 Å². The minimum Gasteiger partial charge on any atom is -0.482 e. The molecular formula is C31H29F3N4O6. The minimum absolute atomic E-state index is 0.0550. The van der Waals surface area contributed by atoms with Crippen LogP contribution in [0.1, 0.15) is 50.2 Å². The Kier molecular flexibility index (Phi) is 8.86. The van der Waals surface area contributed by atoms with Gasteiger partial charge in [-0.15, -0.1) is 0 Å². The topological polar surface area (TPSA) is 137 Å². The summed E-state index contributed by atoms with van der Waals surface area (Å²) in [5, 5.41) is 16.2. The molecule has 2 heterocycles. The second kappa shape index (κ2) is 12.8. The highest BCUT2D eigenvalue weighted by atomic mass is 19.4. The number of hydrogen-bond donors (Lipinski definition) is 4. The van der Waals surface area contributed by atoms with Crippen molar-refractivity contribution in [2.75, 3.05) is 23.8 Å². The lowest BCUT2D eigenvalue weighted by Gasteiger charge is -2.24. The van der Waals surface area contributed by atoms with Gasteiger partial charge >= 0.3 is 12.1 Å². The zero-order valence-electron chi connectivity index (χ0n) is 23.4. The lowest BCUT2D eigenvalue weighted by atomic mass is 10.0. The van der Waals surface area contributed by atoms with Gasteiger partial charge in [-0.05, 0) is 85.0 Å². The van der Waals surface area contributed by atoms with Gasteiger partial charge < -0.3 is 30.7 Å². The van der Waals surface area contributed by atoms with Gasteiger partial charge in [0.1, 0.15) is 5.75 Å². The molecule has 0 bridgehead atoms. The summed E-state index contributed by atoms with van der Waals surface area (Å²) < 4.78 is 37.2. The first-order chi connectivity index (χ1) is 21.0. The number of anilines is 2. The summed E-state index contributed by atoms with van der Waals surface area (Å²) >= 11 is 0. The summed E-state index contributed by atoms with van der Waals surface area (Å²) in [5.74, 6) is -2.69. The van der Waals surface area contributed by atoms with Crippen LogP contribution < -0.4 is 20.7 Å². The Morgan fingerprint density at radius 1 is 0.977 bits per heavy atom. The largest absolute Gasteiger partial charge is 0.490 e. The number of fused-ring (bicyclic) bond motifs is 2. The van der Waals surface area contributed by atoms with Gasteiger partial charge in [-0.2, -0.15) is 13.2 Å². The summed E-state index contributed by atoms with van der Waals surface area (Å²) in [6.45, 7) is 2.20. The van der Waals surface area contributed by atoms with E-state index in [9.17, 15) is 27.6 Å². The molecule has 0 spiro atoms. The van der Waals surface area contributed by atoms with Gasteiger partial charge in [0.05, 0.1) is 5.69 Å². The molecule has 3 amide bonds. The molecule has 13 heteroatoms. The van der Waals surface area contributed by atoms with Crippen molar-refractivity contribution >= 4 is 35.1 Å². The van der Waals surface area contributed by atoms with E-state index in [2.05, 4.69) is 22.0 Å². The number of amides is 3. The number of nitrogens with zero attached hydrogens (tertiary/aromatic N) is 1. The number of benzene rings is 3. The standard InChI is InChI=1S/C29H28N4O4.C2HF3O2/c34-27-17-37-26-14-21(6-10-25(26)32-27)29(36)33(24-8-9-24)16-18-1-3-20(4-2-18)28(35)31-23-7-5-19-11-12-30-15-22(19)13-23;3-2(4,5)1(6)7/h1-7,10,13-14,24,30H,8-9,11-12,15-17H2,(H,31,35)(H,32,34);(H,6,7). The van der Waals surface area contributed by atoms with E-state index in [1.54, 1.807) is 30.3 Å². The van der Waals surface area contributed by atoms with E-state index in [4.69, 9.17) is 14.6 Å². The Morgan fingerprint density at radius 2 is 1.68 bits per heavy atom. The maximum Gasteiger partial charge on any atom is 0.490 e. The van der Waals surface area contributed by atoms with Gasteiger partial charge in [0, 0.05) is 35.9 Å². The number of hydrogen-bond acceptors (Lipinski definition) is 6. The SMILES string of the molecule is O=C(O)C(F)(F)F.O=C1COc2cc(C(=O)N(Cc3ccc(C(=O)Nc4ccc5c(c4)CNCC5)cc3)C3CC3)ccc2N1. The van der Waals surface area contributed by atoms with Crippen molar-refractivity contribution in [3.05, 3.63) is 88.5 Å². The fourth-order valence-corrected chi connectivity index (χ4v) is 4.85. The lowest BCUT2D eigenvalue weighted by Crippen LogP contribution is -2.33. The second-order valence-electron chi connectivity index (χ2n) is 10.6. The average Bonchev–Trinajstić information content (AvgIpc) is 3.85. The van der Waals surface area contributed by atoms with E-state index in [0.29, 0.717) is 29.1 Å². The third-order valence-corrected chi connectivity index (χ3v) is 7.27. The van der Waals surface area contributed by atoms with Gasteiger partial charge in [-0.1, -0.05) is 18.2 Å². The molecule has 6 rings (SSSR count). The number of carbonyl (C=O) groups excluding carboxylic acids is 3. The van der Waals surface area contributed by atoms with Crippen molar-refractivity contribution in [1.82, 2.24) is 10.2 Å². The van der Waals surface area contributed by atoms with Crippen LogP contribution in [0.15, 0.2) is 60.7 Å². The van der Waals surface area contributed by atoms with Crippen LogP contribution in [-0.4, -0.2) is 59.1 Å². The number of rotatable bonds is 6. The molecule has 0 radical (unpaired) electrons. The Balaban J connectivity index is 0.000000493. The molecule has 1 fully saturated rings. The molecule has 0 saturated heterocycles. The van der Waals surface area contributed by atoms with Crippen molar-refractivity contribution < 1.29 is 42.2 Å². The fourth-order valence-electron chi connectivity index (χ4n) is 4.85. The van der Waals surface area contributed by atoms with E-state index < -0.39 is 12.1 Å². The van der Waals surface area contributed by atoms with Crippen molar-refractivity contribution in [3.8, 4) is 5.75 Å². The fraction of sp³-hybridized carbons (Fsp3) is 0.290. The molecule has 44 heavy (non-hydrogen) atoms. The van der Waals surface area contributed by atoms with Crippen LogP contribution in [0, 0.1) is 0 Å². The van der Waals surface area contributed by atoms with Crippen LogP contribution in [0.4, 0.5) is 24.5 Å². The van der Waals surface area contributed by atoms with Gasteiger partial charge in [-0.25, -0.2) is 4.79 Å². The third-order valence-electron chi connectivity index (χ3n) is 7.27. The third kappa shape index (κ3) is 7.53. The normalized spacial score (nSPS) is 15.3. The molecule has 3 aliphatic rings. The van der Waals surface area contributed by atoms with Crippen molar-refractivity contribution in [2.45, 2.75) is 44.6 Å². The number of carboxylic acids is 1. The Morgan fingerprint density at radius 3 is 2.36 bits per heavy atom. The summed E-state index contributed by atoms with van der Waals surface area (Å²) in [6, 6.07) is 18.8. The van der Waals surface area contributed by atoms with Crippen LogP contribution >= 0.6 is 0 Å². The van der Waals surface area contributed by atoms with Crippen molar-refractivity contribution in [3.63, 3.8) is 0 Å². The molecule has 1 saturated carbocycles. The molecule has 0 unspecified atom stereocenters. The molecule has 0 atom stereocenters. The van der Waals surface area contributed by atoms with E-state index in [-0.39, 0.29) is 30.4 Å². The highest BCUT2D eigenvalue weighted by molar-refractivity contribution is 6.04. The lowest BCUT2D eigenvalue weighted by molar-refractivity contribution is -0.192. The first kappa shape index (κ1) is 30.5. The highest BCUT2D eigenvalue weighted by Gasteiger charge is 2.38. The maximum absolute atomic E-state index is 13.4. The van der Waals surface area contributed by atoms with Gasteiger partial charge in [-0.3, -0.25) is 14.4 Å². The molecular weight excluding hydrogens is 581 g/mol. The number of carbonyl (C=O) groups is 4. The molecule has 3 aromatic rings. The average molecular weight is 611 g/mol. The Labute approximate surface area is 250 Å². The van der Waals surface area contributed by atoms with Crippen LogP contribution in [0.3, 0.4) is 0 Å². The quantitative estimate of drug-likeness (QED) is 0.326. The second-order valence-corrected chi connectivity index (χ2v) is 10.6. The molecule has 1 aliphatic carbocycles. The van der Waals surface area contributed by atoms with Crippen LogP contribution in [0.2, 0.25) is 0 Å². The Bertz CT molecular complexity index is 1590. The summed E-state index contributed by atoms with van der Waals surface area (Å²) in [5.41, 5.74) is 5.96. The first-order valence-electron chi connectivity index (χ1n) is 13.9. The van der Waals surface area contributed by atoms with Crippen LogP contribution in [-0.2, 0) is 29.1 Å². The number of halogens is 3. The maximum atomic E-state index is 13.4. The van der Waals surface area contributed by atoms with E-state index in [1.165, 1.54) is 11.1 Å². The molecule has 2 aliphatic heterocycles.